The molecular formula is C24H24BrFN4O. The number of carbonyl (C=O) groups excluding carboxylic acids is 1. The van der Waals surface area contributed by atoms with Crippen molar-refractivity contribution in [3.8, 4) is 0 Å². The molecule has 0 unspecified atom stereocenters. The number of rotatable bonds is 6. The van der Waals surface area contributed by atoms with Crippen LogP contribution in [0, 0.1) is 5.82 Å². The lowest BCUT2D eigenvalue weighted by Crippen LogP contribution is -2.47. The van der Waals surface area contributed by atoms with Crippen molar-refractivity contribution in [2.45, 2.75) is 6.42 Å². The minimum Gasteiger partial charge on any atom is -0.367 e. The van der Waals surface area contributed by atoms with E-state index in [-0.39, 0.29) is 5.56 Å². The van der Waals surface area contributed by atoms with Crippen LogP contribution >= 0.6 is 15.9 Å². The van der Waals surface area contributed by atoms with Crippen LogP contribution in [0.1, 0.15) is 15.9 Å². The third kappa shape index (κ3) is 5.48. The van der Waals surface area contributed by atoms with Crippen molar-refractivity contribution in [3.05, 3.63) is 88.4 Å². The molecular weight excluding hydrogens is 459 g/mol. The molecule has 2 aromatic carbocycles. The summed E-state index contributed by atoms with van der Waals surface area (Å²) in [7, 11) is 0. The number of nitrogens with one attached hydrogen (secondary N) is 1. The van der Waals surface area contributed by atoms with Crippen molar-refractivity contribution in [1.29, 1.82) is 0 Å². The molecule has 1 aromatic heterocycles. The number of aromatic nitrogens is 1. The quantitative estimate of drug-likeness (QED) is 0.557. The van der Waals surface area contributed by atoms with Crippen LogP contribution in [0.15, 0.2) is 71.5 Å². The topological polar surface area (TPSA) is 48.5 Å². The zero-order chi connectivity index (χ0) is 21.6. The molecule has 3 aromatic rings. The summed E-state index contributed by atoms with van der Waals surface area (Å²) in [4.78, 5) is 21.5. The summed E-state index contributed by atoms with van der Waals surface area (Å²) in [6.07, 6.45) is 4.67. The number of carbonyl (C=O) groups is 1. The van der Waals surface area contributed by atoms with Gasteiger partial charge in [-0.1, -0.05) is 28.1 Å². The van der Waals surface area contributed by atoms with Crippen molar-refractivity contribution < 1.29 is 9.18 Å². The third-order valence-corrected chi connectivity index (χ3v) is 6.00. The first-order valence-corrected chi connectivity index (χ1v) is 11.1. The molecule has 1 aliphatic heterocycles. The fourth-order valence-corrected chi connectivity index (χ4v) is 4.10. The second-order valence-electron chi connectivity index (χ2n) is 7.53. The van der Waals surface area contributed by atoms with Crippen LogP contribution in [0.4, 0.5) is 15.8 Å². The zero-order valence-corrected chi connectivity index (χ0v) is 18.7. The van der Waals surface area contributed by atoms with Gasteiger partial charge in [0.15, 0.2) is 0 Å². The largest absolute Gasteiger partial charge is 0.367 e. The smallest absolute Gasteiger partial charge is 0.258 e. The summed E-state index contributed by atoms with van der Waals surface area (Å²) in [5, 5.41) is 2.89. The fourth-order valence-electron chi connectivity index (χ4n) is 3.77. The predicted molar refractivity (Wildman–Crippen MR) is 125 cm³/mol. The van der Waals surface area contributed by atoms with Gasteiger partial charge in [-0.2, -0.15) is 0 Å². The summed E-state index contributed by atoms with van der Waals surface area (Å²) in [5.74, 6) is -0.999. The van der Waals surface area contributed by atoms with E-state index in [4.69, 9.17) is 0 Å². The van der Waals surface area contributed by atoms with Gasteiger partial charge in [0.2, 0.25) is 0 Å². The van der Waals surface area contributed by atoms with Crippen LogP contribution in [0.3, 0.4) is 0 Å². The Bertz CT molecular complexity index is 1040. The second kappa shape index (κ2) is 10.0. The maximum absolute atomic E-state index is 14.2. The van der Waals surface area contributed by atoms with Gasteiger partial charge in [-0.05, 0) is 54.4 Å². The first-order chi connectivity index (χ1) is 15.1. The number of benzene rings is 2. The maximum atomic E-state index is 14.2. The molecule has 1 aliphatic rings. The number of nitrogens with zero attached hydrogens (tertiary/aromatic N) is 3. The number of amides is 1. The third-order valence-electron chi connectivity index (χ3n) is 5.51. The van der Waals surface area contributed by atoms with Crippen LogP contribution in [0.25, 0.3) is 0 Å². The van der Waals surface area contributed by atoms with E-state index in [0.29, 0.717) is 10.2 Å². The van der Waals surface area contributed by atoms with Gasteiger partial charge in [0, 0.05) is 49.6 Å². The SMILES string of the molecule is O=C(Nc1ccccc1N1CCN(CCc2ccncc2)CC1)c1ccc(Br)cc1F. The summed E-state index contributed by atoms with van der Waals surface area (Å²) in [5.41, 5.74) is 2.98. The Morgan fingerprint density at radius 3 is 2.52 bits per heavy atom. The van der Waals surface area contributed by atoms with Gasteiger partial charge in [0.25, 0.3) is 5.91 Å². The van der Waals surface area contributed by atoms with Gasteiger partial charge in [-0.15, -0.1) is 0 Å². The summed E-state index contributed by atoms with van der Waals surface area (Å²) >= 11 is 3.22. The van der Waals surface area contributed by atoms with Crippen LogP contribution in [0.5, 0.6) is 0 Å². The standard InChI is InChI=1S/C24H24BrFN4O/c25-19-5-6-20(21(26)17-19)24(31)28-22-3-1-2-4-23(22)30-15-13-29(14-16-30)12-9-18-7-10-27-11-8-18/h1-8,10-11,17H,9,12-16H2,(H,28,31). The Hall–Kier alpha value is -2.77. The Kier molecular flexibility index (Phi) is 6.94. The minimum atomic E-state index is -0.549. The summed E-state index contributed by atoms with van der Waals surface area (Å²) in [6, 6.07) is 16.3. The van der Waals surface area contributed by atoms with E-state index in [1.54, 1.807) is 6.07 Å². The molecule has 0 atom stereocenters. The molecule has 31 heavy (non-hydrogen) atoms. The number of para-hydroxylation sites is 2. The van der Waals surface area contributed by atoms with E-state index in [9.17, 15) is 9.18 Å². The highest BCUT2D eigenvalue weighted by Crippen LogP contribution is 2.27. The van der Waals surface area contributed by atoms with Crippen molar-refractivity contribution >= 4 is 33.2 Å². The molecule has 1 fully saturated rings. The van der Waals surface area contributed by atoms with Crippen LogP contribution in [0.2, 0.25) is 0 Å². The lowest BCUT2D eigenvalue weighted by Gasteiger charge is -2.37. The first-order valence-electron chi connectivity index (χ1n) is 10.3. The molecule has 1 saturated heterocycles. The van der Waals surface area contributed by atoms with E-state index in [1.165, 1.54) is 17.7 Å². The molecule has 5 nitrogen and oxygen atoms in total. The summed E-state index contributed by atoms with van der Waals surface area (Å²) in [6.45, 7) is 4.66. The highest BCUT2D eigenvalue weighted by Gasteiger charge is 2.20. The van der Waals surface area contributed by atoms with E-state index in [0.717, 1.165) is 44.8 Å². The van der Waals surface area contributed by atoms with Crippen molar-refractivity contribution in [1.82, 2.24) is 9.88 Å². The Morgan fingerprint density at radius 2 is 1.77 bits per heavy atom. The minimum absolute atomic E-state index is 0.0268. The normalized spacial score (nSPS) is 14.5. The lowest BCUT2D eigenvalue weighted by molar-refractivity contribution is 0.102. The van der Waals surface area contributed by atoms with Gasteiger partial charge in [0.05, 0.1) is 16.9 Å². The van der Waals surface area contributed by atoms with E-state index in [1.807, 2.05) is 36.7 Å². The molecule has 4 rings (SSSR count). The Morgan fingerprint density at radius 1 is 1.03 bits per heavy atom. The summed E-state index contributed by atoms with van der Waals surface area (Å²) < 4.78 is 14.8. The highest BCUT2D eigenvalue weighted by molar-refractivity contribution is 9.10. The molecule has 0 radical (unpaired) electrons. The zero-order valence-electron chi connectivity index (χ0n) is 17.1. The molecule has 0 spiro atoms. The second-order valence-corrected chi connectivity index (χ2v) is 8.45. The molecule has 160 valence electrons. The first kappa shape index (κ1) is 21.5. The molecule has 0 aliphatic carbocycles. The van der Waals surface area contributed by atoms with Crippen molar-refractivity contribution in [3.63, 3.8) is 0 Å². The molecule has 1 amide bonds. The van der Waals surface area contributed by atoms with Gasteiger partial charge in [0.1, 0.15) is 5.82 Å². The molecule has 0 saturated carbocycles. The monoisotopic (exact) mass is 482 g/mol. The number of hydrogen-bond acceptors (Lipinski definition) is 4. The van der Waals surface area contributed by atoms with Gasteiger partial charge in [-0.3, -0.25) is 14.7 Å². The lowest BCUT2D eigenvalue weighted by atomic mass is 10.1. The Balaban J connectivity index is 1.38. The number of anilines is 2. The Labute approximate surface area is 190 Å². The fraction of sp³-hybridized carbons (Fsp3) is 0.250. The van der Waals surface area contributed by atoms with E-state index < -0.39 is 11.7 Å². The van der Waals surface area contributed by atoms with Crippen LogP contribution in [-0.2, 0) is 6.42 Å². The van der Waals surface area contributed by atoms with Crippen molar-refractivity contribution in [2.24, 2.45) is 0 Å². The maximum Gasteiger partial charge on any atom is 0.258 e. The number of piperazine rings is 1. The molecule has 2 heterocycles. The molecule has 1 N–H and O–H groups in total. The van der Waals surface area contributed by atoms with E-state index in [2.05, 4.69) is 48.2 Å². The number of halogens is 2. The molecule has 7 heteroatoms. The predicted octanol–water partition coefficient (Wildman–Crippen LogP) is 4.60. The van der Waals surface area contributed by atoms with Crippen molar-refractivity contribution in [2.75, 3.05) is 42.9 Å². The number of hydrogen-bond donors (Lipinski definition) is 1. The van der Waals surface area contributed by atoms with Gasteiger partial charge >= 0.3 is 0 Å². The highest BCUT2D eigenvalue weighted by atomic mass is 79.9. The molecule has 0 bridgehead atoms. The van der Waals surface area contributed by atoms with Gasteiger partial charge < -0.3 is 10.2 Å². The van der Waals surface area contributed by atoms with Crippen LogP contribution in [-0.4, -0.2) is 48.5 Å². The van der Waals surface area contributed by atoms with E-state index >= 15 is 0 Å². The van der Waals surface area contributed by atoms with Crippen LogP contribution < -0.4 is 10.2 Å². The average Bonchev–Trinajstić information content (AvgIpc) is 2.79. The number of pyridine rings is 1. The average molecular weight is 483 g/mol. The van der Waals surface area contributed by atoms with Gasteiger partial charge in [-0.25, -0.2) is 4.39 Å².